The van der Waals surface area contributed by atoms with E-state index in [0.717, 1.165) is 32.6 Å². The normalized spacial score (nSPS) is 12.7. The molecule has 4 nitrogen and oxygen atoms in total. The first kappa shape index (κ1) is 14.4. The first-order valence-corrected chi connectivity index (χ1v) is 5.76. The lowest BCUT2D eigenvalue weighted by Crippen LogP contribution is -2.31. The zero-order chi connectivity index (χ0) is 11.5. The quantitative estimate of drug-likeness (QED) is 0.533. The molecule has 15 heavy (non-hydrogen) atoms. The lowest BCUT2D eigenvalue weighted by molar-refractivity contribution is -0.121. The minimum Gasteiger partial charge on any atom is -0.381 e. The van der Waals surface area contributed by atoms with Crippen LogP contribution in [0.1, 0.15) is 33.1 Å². The summed E-state index contributed by atoms with van der Waals surface area (Å²) >= 11 is 0. The molecule has 0 aromatic carbocycles. The minimum atomic E-state index is -0.248. The second-order valence-electron chi connectivity index (χ2n) is 3.83. The molecule has 0 saturated carbocycles. The van der Waals surface area contributed by atoms with Gasteiger partial charge in [-0.1, -0.05) is 20.3 Å². The number of rotatable bonds is 10. The van der Waals surface area contributed by atoms with Gasteiger partial charge in [-0.25, -0.2) is 0 Å². The van der Waals surface area contributed by atoms with Crippen molar-refractivity contribution in [3.05, 3.63) is 0 Å². The highest BCUT2D eigenvalue weighted by atomic mass is 16.5. The molecule has 1 amide bonds. The number of ether oxygens (including phenoxy) is 1. The van der Waals surface area contributed by atoms with E-state index in [2.05, 4.69) is 12.2 Å². The van der Waals surface area contributed by atoms with Crippen LogP contribution in [-0.4, -0.2) is 32.2 Å². The number of carbonyl (C=O) groups excluding carboxylic acids is 1. The second kappa shape index (κ2) is 9.93. The third kappa shape index (κ3) is 9.69. The molecule has 0 bridgehead atoms. The molecule has 0 saturated heterocycles. The predicted octanol–water partition coefficient (Wildman–Crippen LogP) is 0.904. The molecule has 0 aliphatic heterocycles. The molecule has 1 atom stereocenters. The van der Waals surface area contributed by atoms with Gasteiger partial charge in [-0.05, 0) is 19.4 Å². The van der Waals surface area contributed by atoms with Gasteiger partial charge < -0.3 is 15.8 Å². The molecule has 0 aliphatic rings. The van der Waals surface area contributed by atoms with Crippen LogP contribution < -0.4 is 11.1 Å². The molecule has 0 aliphatic carbocycles. The van der Waals surface area contributed by atoms with Crippen LogP contribution in [0.3, 0.4) is 0 Å². The van der Waals surface area contributed by atoms with E-state index in [0.29, 0.717) is 6.54 Å². The molecule has 0 rings (SSSR count). The van der Waals surface area contributed by atoms with Crippen molar-refractivity contribution in [2.75, 3.05) is 26.3 Å². The Morgan fingerprint density at radius 3 is 2.67 bits per heavy atom. The Labute approximate surface area is 92.6 Å². The van der Waals surface area contributed by atoms with E-state index in [1.54, 1.807) is 0 Å². The van der Waals surface area contributed by atoms with Gasteiger partial charge >= 0.3 is 0 Å². The van der Waals surface area contributed by atoms with Gasteiger partial charge in [0.2, 0.25) is 5.91 Å². The van der Waals surface area contributed by atoms with E-state index in [1.807, 2.05) is 6.92 Å². The fourth-order valence-electron chi connectivity index (χ4n) is 1.07. The molecular formula is C11H24N2O2. The van der Waals surface area contributed by atoms with Gasteiger partial charge in [0.25, 0.3) is 0 Å². The van der Waals surface area contributed by atoms with Crippen LogP contribution >= 0.6 is 0 Å². The summed E-state index contributed by atoms with van der Waals surface area (Å²) in [6, 6.07) is 0. The van der Waals surface area contributed by atoms with Crippen molar-refractivity contribution in [3.63, 3.8) is 0 Å². The van der Waals surface area contributed by atoms with Crippen LogP contribution in [0.4, 0.5) is 0 Å². The number of carbonyl (C=O) groups is 1. The Morgan fingerprint density at radius 1 is 1.40 bits per heavy atom. The van der Waals surface area contributed by atoms with Gasteiger partial charge in [0.1, 0.15) is 0 Å². The molecule has 0 radical (unpaired) electrons. The summed E-state index contributed by atoms with van der Waals surface area (Å²) in [4.78, 5) is 10.7. The van der Waals surface area contributed by atoms with Crippen LogP contribution in [0.2, 0.25) is 0 Å². The molecule has 1 unspecified atom stereocenters. The van der Waals surface area contributed by atoms with Gasteiger partial charge in [0.15, 0.2) is 0 Å². The van der Waals surface area contributed by atoms with Gasteiger partial charge in [-0.15, -0.1) is 0 Å². The van der Waals surface area contributed by atoms with E-state index in [9.17, 15) is 4.79 Å². The van der Waals surface area contributed by atoms with Crippen molar-refractivity contribution in [1.29, 1.82) is 0 Å². The third-order valence-electron chi connectivity index (χ3n) is 2.22. The fraction of sp³-hybridized carbons (Fsp3) is 0.909. The first-order valence-electron chi connectivity index (χ1n) is 5.76. The SMILES string of the molecule is CCCCOCCCNCC(C)C(N)=O. The third-order valence-corrected chi connectivity index (χ3v) is 2.22. The van der Waals surface area contributed by atoms with Crippen molar-refractivity contribution >= 4 is 5.91 Å². The highest BCUT2D eigenvalue weighted by molar-refractivity contribution is 5.76. The van der Waals surface area contributed by atoms with Gasteiger partial charge in [0.05, 0.1) is 0 Å². The first-order chi connectivity index (χ1) is 7.18. The van der Waals surface area contributed by atoms with Crippen LogP contribution in [0.25, 0.3) is 0 Å². The summed E-state index contributed by atoms with van der Waals surface area (Å²) in [6.45, 7) is 7.16. The van der Waals surface area contributed by atoms with Gasteiger partial charge in [-0.2, -0.15) is 0 Å². The number of hydrogen-bond acceptors (Lipinski definition) is 3. The zero-order valence-electron chi connectivity index (χ0n) is 9.92. The Kier molecular flexibility index (Phi) is 9.52. The van der Waals surface area contributed by atoms with E-state index in [-0.39, 0.29) is 11.8 Å². The molecule has 0 heterocycles. The summed E-state index contributed by atoms with van der Waals surface area (Å²) in [7, 11) is 0. The summed E-state index contributed by atoms with van der Waals surface area (Å²) in [5, 5.41) is 3.18. The van der Waals surface area contributed by atoms with Crippen molar-refractivity contribution in [3.8, 4) is 0 Å². The van der Waals surface area contributed by atoms with Crippen molar-refractivity contribution < 1.29 is 9.53 Å². The van der Waals surface area contributed by atoms with E-state index >= 15 is 0 Å². The fourth-order valence-corrected chi connectivity index (χ4v) is 1.07. The number of unbranched alkanes of at least 4 members (excludes halogenated alkanes) is 1. The average molecular weight is 216 g/mol. The molecule has 4 heteroatoms. The Bertz CT molecular complexity index is 163. The molecule has 90 valence electrons. The monoisotopic (exact) mass is 216 g/mol. The van der Waals surface area contributed by atoms with E-state index < -0.39 is 0 Å². The molecular weight excluding hydrogens is 192 g/mol. The highest BCUT2D eigenvalue weighted by Crippen LogP contribution is 1.91. The number of primary amides is 1. The highest BCUT2D eigenvalue weighted by Gasteiger charge is 2.06. The standard InChI is InChI=1S/C11H24N2O2/c1-3-4-7-15-8-5-6-13-9-10(2)11(12)14/h10,13H,3-9H2,1-2H3,(H2,12,14). The van der Waals surface area contributed by atoms with Crippen molar-refractivity contribution in [2.24, 2.45) is 11.7 Å². The summed E-state index contributed by atoms with van der Waals surface area (Å²) < 4.78 is 5.40. The molecule has 0 fully saturated rings. The van der Waals surface area contributed by atoms with Crippen molar-refractivity contribution in [2.45, 2.75) is 33.1 Å². The van der Waals surface area contributed by atoms with Crippen LogP contribution in [0, 0.1) is 5.92 Å². The number of amides is 1. The van der Waals surface area contributed by atoms with Crippen LogP contribution in [0.15, 0.2) is 0 Å². The Balaban J connectivity index is 3.08. The smallest absolute Gasteiger partial charge is 0.221 e. The lowest BCUT2D eigenvalue weighted by atomic mass is 10.2. The topological polar surface area (TPSA) is 64.3 Å². The maximum Gasteiger partial charge on any atom is 0.221 e. The van der Waals surface area contributed by atoms with E-state index in [1.165, 1.54) is 6.42 Å². The maximum absolute atomic E-state index is 10.7. The van der Waals surface area contributed by atoms with E-state index in [4.69, 9.17) is 10.5 Å². The van der Waals surface area contributed by atoms with Gasteiger partial charge in [0, 0.05) is 25.7 Å². The minimum absolute atomic E-state index is 0.0917. The number of hydrogen-bond donors (Lipinski definition) is 2. The van der Waals surface area contributed by atoms with Crippen molar-refractivity contribution in [1.82, 2.24) is 5.32 Å². The van der Waals surface area contributed by atoms with Crippen LogP contribution in [0.5, 0.6) is 0 Å². The summed E-state index contributed by atoms with van der Waals surface area (Å²) in [5.74, 6) is -0.340. The number of nitrogens with two attached hydrogens (primary N) is 1. The largest absolute Gasteiger partial charge is 0.381 e. The maximum atomic E-state index is 10.7. The summed E-state index contributed by atoms with van der Waals surface area (Å²) in [6.07, 6.45) is 3.29. The Morgan fingerprint density at radius 2 is 2.07 bits per heavy atom. The zero-order valence-corrected chi connectivity index (χ0v) is 9.92. The molecule has 0 aromatic rings. The predicted molar refractivity (Wildman–Crippen MR) is 61.6 cm³/mol. The molecule has 0 aromatic heterocycles. The Hall–Kier alpha value is -0.610. The average Bonchev–Trinajstić information content (AvgIpc) is 2.21. The second-order valence-corrected chi connectivity index (χ2v) is 3.83. The van der Waals surface area contributed by atoms with Gasteiger partial charge in [-0.3, -0.25) is 4.79 Å². The summed E-state index contributed by atoms with van der Waals surface area (Å²) in [5.41, 5.74) is 5.13. The molecule has 3 N–H and O–H groups in total. The lowest BCUT2D eigenvalue weighted by Gasteiger charge is -2.08. The van der Waals surface area contributed by atoms with Crippen LogP contribution in [-0.2, 0) is 9.53 Å². The molecule has 0 spiro atoms. The number of nitrogens with one attached hydrogen (secondary N) is 1.